The molecule has 5 rings (SSSR count). The number of ketones is 2. The molecule has 38 heavy (non-hydrogen) atoms. The van der Waals surface area contributed by atoms with E-state index < -0.39 is 12.1 Å². The van der Waals surface area contributed by atoms with Gasteiger partial charge in [-0.25, -0.2) is 0 Å². The molecule has 1 aromatic carbocycles. The van der Waals surface area contributed by atoms with Crippen molar-refractivity contribution in [2.75, 3.05) is 20.8 Å². The van der Waals surface area contributed by atoms with Crippen molar-refractivity contribution < 1.29 is 28.7 Å². The Morgan fingerprint density at radius 3 is 2.63 bits per heavy atom. The standard InChI is InChI=1S/C29H37N3O6/c1-4-23(33)21(13-16-7-6-10-24(16)34)31-28(35)26-18-9-5-8-17(18)15-32(26)29(36)22-14-19-20(30-22)11-12-25(37-2)27(19)38-3/h11-12,14,16-18,21,26,30H,4-10,13,15H2,1-3H3,(H,31,35)/t16-,17-,18-,21-,26-/m0/s1. The van der Waals surface area contributed by atoms with Crippen molar-refractivity contribution in [1.82, 2.24) is 15.2 Å². The number of carbonyl (C=O) groups is 4. The van der Waals surface area contributed by atoms with Gasteiger partial charge in [0.2, 0.25) is 5.91 Å². The second kappa shape index (κ2) is 10.8. The fourth-order valence-corrected chi connectivity index (χ4v) is 6.84. The van der Waals surface area contributed by atoms with Crippen LogP contribution in [-0.2, 0) is 14.4 Å². The molecule has 5 atom stereocenters. The first kappa shape index (κ1) is 26.3. The van der Waals surface area contributed by atoms with Crippen LogP contribution < -0.4 is 14.8 Å². The van der Waals surface area contributed by atoms with Gasteiger partial charge in [0.1, 0.15) is 17.5 Å². The Balaban J connectivity index is 1.41. The summed E-state index contributed by atoms with van der Waals surface area (Å²) in [7, 11) is 3.12. The number of carbonyl (C=O) groups excluding carboxylic acids is 4. The zero-order chi connectivity index (χ0) is 27.0. The lowest BCUT2D eigenvalue weighted by Crippen LogP contribution is -2.53. The maximum Gasteiger partial charge on any atom is 0.271 e. The van der Waals surface area contributed by atoms with E-state index in [2.05, 4.69) is 10.3 Å². The molecule has 9 heteroatoms. The molecular formula is C29H37N3O6. The number of aromatic amines is 1. The molecule has 0 bridgehead atoms. The van der Waals surface area contributed by atoms with Crippen LogP contribution in [0, 0.1) is 17.8 Å². The molecule has 1 aromatic heterocycles. The number of hydrogen-bond acceptors (Lipinski definition) is 6. The highest BCUT2D eigenvalue weighted by Crippen LogP contribution is 2.43. The molecule has 3 fully saturated rings. The molecule has 3 aliphatic rings. The first-order valence-corrected chi connectivity index (χ1v) is 13.8. The molecule has 0 radical (unpaired) electrons. The molecule has 2 heterocycles. The van der Waals surface area contributed by atoms with Gasteiger partial charge in [0.15, 0.2) is 17.3 Å². The van der Waals surface area contributed by atoms with Gasteiger partial charge in [0, 0.05) is 30.7 Å². The number of nitrogens with one attached hydrogen (secondary N) is 2. The van der Waals surface area contributed by atoms with Crippen LogP contribution in [0.2, 0.25) is 0 Å². The molecule has 1 aliphatic heterocycles. The third-order valence-corrected chi connectivity index (χ3v) is 8.80. The molecule has 2 N–H and O–H groups in total. The highest BCUT2D eigenvalue weighted by Gasteiger charge is 2.50. The number of ether oxygens (including phenoxy) is 2. The van der Waals surface area contributed by atoms with Gasteiger partial charge in [-0.05, 0) is 62.1 Å². The molecule has 2 amide bonds. The number of benzene rings is 1. The van der Waals surface area contributed by atoms with Gasteiger partial charge in [-0.1, -0.05) is 13.3 Å². The highest BCUT2D eigenvalue weighted by atomic mass is 16.5. The summed E-state index contributed by atoms with van der Waals surface area (Å²) in [5.74, 6) is 0.791. The van der Waals surface area contributed by atoms with E-state index in [-0.39, 0.29) is 47.6 Å². The predicted octanol–water partition coefficient (Wildman–Crippen LogP) is 3.65. The summed E-state index contributed by atoms with van der Waals surface area (Å²) in [4.78, 5) is 57.6. The van der Waals surface area contributed by atoms with Gasteiger partial charge in [-0.2, -0.15) is 0 Å². The third-order valence-electron chi connectivity index (χ3n) is 8.80. The molecular weight excluding hydrogens is 486 g/mol. The van der Waals surface area contributed by atoms with E-state index in [1.807, 2.05) is 6.07 Å². The number of likely N-dealkylation sites (tertiary alicyclic amines) is 1. The predicted molar refractivity (Wildman–Crippen MR) is 141 cm³/mol. The zero-order valence-corrected chi connectivity index (χ0v) is 22.4. The molecule has 204 valence electrons. The quantitative estimate of drug-likeness (QED) is 0.518. The van der Waals surface area contributed by atoms with Crippen LogP contribution in [0.3, 0.4) is 0 Å². The number of fused-ring (bicyclic) bond motifs is 2. The largest absolute Gasteiger partial charge is 0.493 e. The zero-order valence-electron chi connectivity index (χ0n) is 22.4. The van der Waals surface area contributed by atoms with Crippen LogP contribution in [0.15, 0.2) is 18.2 Å². The maximum atomic E-state index is 13.8. The normalized spacial score (nSPS) is 25.4. The number of amides is 2. The van der Waals surface area contributed by atoms with Crippen LogP contribution in [0.25, 0.3) is 10.9 Å². The van der Waals surface area contributed by atoms with Crippen molar-refractivity contribution >= 4 is 34.3 Å². The maximum absolute atomic E-state index is 13.8. The summed E-state index contributed by atoms with van der Waals surface area (Å²) in [5, 5.41) is 3.71. The van der Waals surface area contributed by atoms with Crippen molar-refractivity contribution in [3.8, 4) is 11.5 Å². The Morgan fingerprint density at radius 1 is 1.13 bits per heavy atom. The summed E-state index contributed by atoms with van der Waals surface area (Å²) < 4.78 is 10.9. The number of aromatic nitrogens is 1. The monoisotopic (exact) mass is 523 g/mol. The van der Waals surface area contributed by atoms with Gasteiger partial charge in [-0.3, -0.25) is 19.2 Å². The Morgan fingerprint density at radius 2 is 1.95 bits per heavy atom. The Hall–Kier alpha value is -3.36. The van der Waals surface area contributed by atoms with Gasteiger partial charge in [0.25, 0.3) is 5.91 Å². The second-order valence-corrected chi connectivity index (χ2v) is 10.9. The second-order valence-electron chi connectivity index (χ2n) is 10.9. The summed E-state index contributed by atoms with van der Waals surface area (Å²) in [5.41, 5.74) is 1.11. The van der Waals surface area contributed by atoms with Crippen molar-refractivity contribution in [3.63, 3.8) is 0 Å². The van der Waals surface area contributed by atoms with Gasteiger partial charge >= 0.3 is 0 Å². The lowest BCUT2D eigenvalue weighted by atomic mass is 9.91. The van der Waals surface area contributed by atoms with E-state index >= 15 is 0 Å². The van der Waals surface area contributed by atoms with Gasteiger partial charge in [-0.15, -0.1) is 0 Å². The number of Topliss-reactive ketones (excluding diaryl/α,β-unsaturated/α-hetero) is 2. The minimum Gasteiger partial charge on any atom is -0.493 e. The fraction of sp³-hybridized carbons (Fsp3) is 0.586. The van der Waals surface area contributed by atoms with Crippen LogP contribution in [0.1, 0.15) is 68.8 Å². The van der Waals surface area contributed by atoms with E-state index in [4.69, 9.17) is 9.47 Å². The van der Waals surface area contributed by atoms with Gasteiger partial charge in [0.05, 0.1) is 25.8 Å². The smallest absolute Gasteiger partial charge is 0.271 e. The van der Waals surface area contributed by atoms with Crippen LogP contribution >= 0.6 is 0 Å². The topological polar surface area (TPSA) is 118 Å². The van der Waals surface area contributed by atoms with Crippen molar-refractivity contribution in [3.05, 3.63) is 23.9 Å². The number of hydrogen-bond donors (Lipinski definition) is 2. The van der Waals surface area contributed by atoms with E-state index in [1.165, 1.54) is 0 Å². The Kier molecular flexibility index (Phi) is 7.45. The van der Waals surface area contributed by atoms with Crippen molar-refractivity contribution in [1.29, 1.82) is 0 Å². The SMILES string of the molecule is CCC(=O)[C@H](C[C@@H]1CCCC1=O)NC(=O)[C@@H]1[C@H]2CCC[C@H]2CN1C(=O)c1cc2c(OC)c(OC)ccc2[nH]1. The molecule has 9 nitrogen and oxygen atoms in total. The van der Waals surface area contributed by atoms with Gasteiger partial charge < -0.3 is 24.7 Å². The molecule has 2 aliphatic carbocycles. The van der Waals surface area contributed by atoms with E-state index in [0.717, 1.165) is 43.0 Å². The number of methoxy groups -OCH3 is 2. The first-order valence-electron chi connectivity index (χ1n) is 13.8. The summed E-state index contributed by atoms with van der Waals surface area (Å²) in [6.45, 7) is 2.28. The lowest BCUT2D eigenvalue weighted by Gasteiger charge is -2.29. The first-order chi connectivity index (χ1) is 18.4. The van der Waals surface area contributed by atoms with Crippen LogP contribution in [-0.4, -0.2) is 66.1 Å². The third kappa shape index (κ3) is 4.67. The number of H-pyrrole nitrogens is 1. The molecule has 0 unspecified atom stereocenters. The highest BCUT2D eigenvalue weighted by molar-refractivity contribution is 6.03. The molecule has 2 aromatic rings. The van der Waals surface area contributed by atoms with Crippen LogP contribution in [0.5, 0.6) is 11.5 Å². The Labute approximate surface area is 222 Å². The minimum absolute atomic E-state index is 0.0587. The van der Waals surface area contributed by atoms with Crippen molar-refractivity contribution in [2.24, 2.45) is 17.8 Å². The lowest BCUT2D eigenvalue weighted by molar-refractivity contribution is -0.131. The van der Waals surface area contributed by atoms with E-state index in [1.54, 1.807) is 38.2 Å². The summed E-state index contributed by atoms with van der Waals surface area (Å²) >= 11 is 0. The average molecular weight is 524 g/mol. The molecule has 2 saturated carbocycles. The van der Waals surface area contributed by atoms with E-state index in [9.17, 15) is 19.2 Å². The molecule has 1 saturated heterocycles. The fourth-order valence-electron chi connectivity index (χ4n) is 6.84. The summed E-state index contributed by atoms with van der Waals surface area (Å²) in [6, 6.07) is 4.01. The molecule has 0 spiro atoms. The van der Waals surface area contributed by atoms with E-state index in [0.29, 0.717) is 36.6 Å². The summed E-state index contributed by atoms with van der Waals surface area (Å²) in [6.07, 6.45) is 5.64. The number of rotatable bonds is 9. The number of nitrogens with zero attached hydrogens (tertiary/aromatic N) is 1. The Bertz CT molecular complexity index is 1250. The minimum atomic E-state index is -0.707. The van der Waals surface area contributed by atoms with Crippen molar-refractivity contribution in [2.45, 2.75) is 70.4 Å². The average Bonchev–Trinajstić information content (AvgIpc) is 3.70. The van der Waals surface area contributed by atoms with Crippen LogP contribution in [0.4, 0.5) is 0 Å².